The summed E-state index contributed by atoms with van der Waals surface area (Å²) in [5, 5.41) is 7.17. The predicted octanol–water partition coefficient (Wildman–Crippen LogP) is 1.84. The molecule has 1 amide bonds. The third kappa shape index (κ3) is 3.94. The van der Waals surface area contributed by atoms with Gasteiger partial charge in [-0.3, -0.25) is 4.79 Å². The molecule has 0 bridgehead atoms. The summed E-state index contributed by atoms with van der Waals surface area (Å²) in [5.74, 6) is 1.74. The van der Waals surface area contributed by atoms with Crippen molar-refractivity contribution in [1.29, 1.82) is 0 Å². The lowest BCUT2D eigenvalue weighted by Gasteiger charge is -2.27. The van der Waals surface area contributed by atoms with Gasteiger partial charge in [0.1, 0.15) is 18.1 Å². The molecule has 0 atom stereocenters. The van der Waals surface area contributed by atoms with Crippen molar-refractivity contribution in [3.05, 3.63) is 46.8 Å². The van der Waals surface area contributed by atoms with Gasteiger partial charge < -0.3 is 19.5 Å². The van der Waals surface area contributed by atoms with Crippen molar-refractivity contribution >= 4 is 5.91 Å². The Kier molecular flexibility index (Phi) is 5.15. The summed E-state index contributed by atoms with van der Waals surface area (Å²) in [7, 11) is 0. The maximum atomic E-state index is 12.3. The number of rotatable bonds is 5. The van der Waals surface area contributed by atoms with Gasteiger partial charge in [-0.15, -0.1) is 0 Å². The van der Waals surface area contributed by atoms with Crippen molar-refractivity contribution in [2.24, 2.45) is 0 Å². The summed E-state index contributed by atoms with van der Waals surface area (Å²) in [6.07, 6.45) is 0.435. The van der Waals surface area contributed by atoms with E-state index in [4.69, 9.17) is 9.26 Å². The number of hydrogen-bond donors (Lipinski definition) is 1. The van der Waals surface area contributed by atoms with Crippen LogP contribution in [0.15, 0.2) is 28.8 Å². The molecule has 0 saturated carbocycles. The maximum Gasteiger partial charge on any atom is 0.227 e. The summed E-state index contributed by atoms with van der Waals surface area (Å²) in [6, 6.07) is 7.70. The smallest absolute Gasteiger partial charge is 0.227 e. The van der Waals surface area contributed by atoms with Crippen LogP contribution in [0.25, 0.3) is 0 Å². The predicted molar refractivity (Wildman–Crippen MR) is 89.9 cm³/mol. The zero-order chi connectivity index (χ0) is 16.9. The minimum absolute atomic E-state index is 0.181. The molecule has 2 aromatic rings. The van der Waals surface area contributed by atoms with Crippen LogP contribution in [0.2, 0.25) is 0 Å². The molecule has 0 spiro atoms. The lowest BCUT2D eigenvalue weighted by Crippen LogP contribution is -2.46. The molecule has 1 aromatic carbocycles. The molecule has 1 fully saturated rings. The average molecular weight is 329 g/mol. The van der Waals surface area contributed by atoms with Crippen LogP contribution in [0, 0.1) is 13.8 Å². The first kappa shape index (κ1) is 16.5. The molecule has 1 aromatic heterocycles. The van der Waals surface area contributed by atoms with Crippen LogP contribution in [-0.2, 0) is 17.8 Å². The first-order valence-corrected chi connectivity index (χ1v) is 8.25. The third-order valence-electron chi connectivity index (χ3n) is 4.31. The molecule has 24 heavy (non-hydrogen) atoms. The molecular weight excluding hydrogens is 306 g/mol. The fraction of sp³-hybridized carbons (Fsp3) is 0.444. The normalized spacial score (nSPS) is 14.7. The van der Waals surface area contributed by atoms with Crippen molar-refractivity contribution in [3.63, 3.8) is 0 Å². The molecule has 0 aliphatic carbocycles. The molecule has 1 aliphatic rings. The second-order valence-corrected chi connectivity index (χ2v) is 6.04. The molecule has 1 saturated heterocycles. The summed E-state index contributed by atoms with van der Waals surface area (Å²) in [5.41, 5.74) is 2.84. The molecule has 128 valence electrons. The van der Waals surface area contributed by atoms with E-state index in [2.05, 4.69) is 10.5 Å². The van der Waals surface area contributed by atoms with E-state index < -0.39 is 0 Å². The highest BCUT2D eigenvalue weighted by Gasteiger charge is 2.16. The number of nitrogens with one attached hydrogen (secondary N) is 1. The van der Waals surface area contributed by atoms with Gasteiger partial charge >= 0.3 is 0 Å². The minimum atomic E-state index is 0.181. The van der Waals surface area contributed by atoms with Gasteiger partial charge in [0, 0.05) is 26.2 Å². The second kappa shape index (κ2) is 7.49. The van der Waals surface area contributed by atoms with Crippen molar-refractivity contribution in [3.8, 4) is 5.75 Å². The molecule has 6 heteroatoms. The number of aromatic nitrogens is 1. The Morgan fingerprint density at radius 1 is 1.25 bits per heavy atom. The first-order valence-electron chi connectivity index (χ1n) is 8.25. The Bertz CT molecular complexity index is 669. The lowest BCUT2D eigenvalue weighted by atomic mass is 10.1. The Balaban J connectivity index is 1.54. The molecule has 3 rings (SSSR count). The number of carbonyl (C=O) groups excluding carboxylic acids is 1. The van der Waals surface area contributed by atoms with E-state index in [9.17, 15) is 4.79 Å². The van der Waals surface area contributed by atoms with Gasteiger partial charge in [0.05, 0.1) is 17.7 Å². The van der Waals surface area contributed by atoms with Crippen LogP contribution >= 0.6 is 0 Å². The number of nitrogens with zero attached hydrogens (tertiary/aromatic N) is 2. The molecule has 2 heterocycles. The lowest BCUT2D eigenvalue weighted by molar-refractivity contribution is -0.131. The van der Waals surface area contributed by atoms with Gasteiger partial charge in [-0.1, -0.05) is 17.3 Å². The first-order chi connectivity index (χ1) is 11.6. The number of benzene rings is 1. The molecular formula is C18H23N3O3. The van der Waals surface area contributed by atoms with Crippen LogP contribution in [0.5, 0.6) is 5.75 Å². The van der Waals surface area contributed by atoms with E-state index in [-0.39, 0.29) is 5.91 Å². The molecule has 0 radical (unpaired) electrons. The van der Waals surface area contributed by atoms with Gasteiger partial charge in [0.2, 0.25) is 5.91 Å². The largest absolute Gasteiger partial charge is 0.489 e. The van der Waals surface area contributed by atoms with Crippen molar-refractivity contribution < 1.29 is 14.1 Å². The van der Waals surface area contributed by atoms with Crippen LogP contribution in [-0.4, -0.2) is 42.1 Å². The van der Waals surface area contributed by atoms with Gasteiger partial charge in [-0.2, -0.15) is 0 Å². The Labute approximate surface area is 141 Å². The fourth-order valence-corrected chi connectivity index (χ4v) is 2.77. The van der Waals surface area contributed by atoms with E-state index in [1.807, 2.05) is 43.0 Å². The van der Waals surface area contributed by atoms with E-state index in [1.54, 1.807) is 0 Å². The summed E-state index contributed by atoms with van der Waals surface area (Å²) < 4.78 is 10.9. The fourth-order valence-electron chi connectivity index (χ4n) is 2.77. The maximum absolute atomic E-state index is 12.3. The van der Waals surface area contributed by atoms with Gasteiger partial charge in [-0.05, 0) is 31.5 Å². The minimum Gasteiger partial charge on any atom is -0.489 e. The Morgan fingerprint density at radius 3 is 2.58 bits per heavy atom. The molecule has 1 aliphatic heterocycles. The highest BCUT2D eigenvalue weighted by atomic mass is 16.5. The van der Waals surface area contributed by atoms with E-state index in [1.165, 1.54) is 0 Å². The Morgan fingerprint density at radius 2 is 1.96 bits per heavy atom. The standard InChI is InChI=1S/C18H23N3O3/c1-13-17(14(2)24-20-13)12-23-16-5-3-15(4-6-16)11-18(22)21-9-7-19-8-10-21/h3-6,19H,7-12H2,1-2H3. The number of piperazine rings is 1. The highest BCUT2D eigenvalue weighted by molar-refractivity contribution is 5.78. The summed E-state index contributed by atoms with van der Waals surface area (Å²) in [6.45, 7) is 7.54. The second-order valence-electron chi connectivity index (χ2n) is 6.04. The van der Waals surface area contributed by atoms with E-state index in [0.717, 1.165) is 54.5 Å². The van der Waals surface area contributed by atoms with Crippen molar-refractivity contribution in [2.75, 3.05) is 26.2 Å². The van der Waals surface area contributed by atoms with Crippen molar-refractivity contribution in [2.45, 2.75) is 26.9 Å². The number of carbonyl (C=O) groups is 1. The topological polar surface area (TPSA) is 67.6 Å². The summed E-state index contributed by atoms with van der Waals surface area (Å²) >= 11 is 0. The third-order valence-corrected chi connectivity index (χ3v) is 4.31. The molecule has 0 unspecified atom stereocenters. The summed E-state index contributed by atoms with van der Waals surface area (Å²) in [4.78, 5) is 14.2. The molecule has 6 nitrogen and oxygen atoms in total. The monoisotopic (exact) mass is 329 g/mol. The zero-order valence-electron chi connectivity index (χ0n) is 14.2. The van der Waals surface area contributed by atoms with E-state index in [0.29, 0.717) is 13.0 Å². The molecule has 1 N–H and O–H groups in total. The van der Waals surface area contributed by atoms with Crippen LogP contribution in [0.3, 0.4) is 0 Å². The van der Waals surface area contributed by atoms with Crippen molar-refractivity contribution in [1.82, 2.24) is 15.4 Å². The van der Waals surface area contributed by atoms with Crippen LogP contribution in [0.4, 0.5) is 0 Å². The quantitative estimate of drug-likeness (QED) is 0.907. The number of aryl methyl sites for hydroxylation is 2. The highest BCUT2D eigenvalue weighted by Crippen LogP contribution is 2.18. The average Bonchev–Trinajstić information content (AvgIpc) is 2.93. The van der Waals surface area contributed by atoms with Gasteiger partial charge in [0.25, 0.3) is 0 Å². The SMILES string of the molecule is Cc1noc(C)c1COc1ccc(CC(=O)N2CCNCC2)cc1. The zero-order valence-corrected chi connectivity index (χ0v) is 14.2. The number of amides is 1. The number of ether oxygens (including phenoxy) is 1. The van der Waals surface area contributed by atoms with Crippen LogP contribution < -0.4 is 10.1 Å². The van der Waals surface area contributed by atoms with Gasteiger partial charge in [-0.25, -0.2) is 0 Å². The van der Waals surface area contributed by atoms with Crippen LogP contribution in [0.1, 0.15) is 22.6 Å². The van der Waals surface area contributed by atoms with E-state index >= 15 is 0 Å². The Hall–Kier alpha value is -2.34. The van der Waals surface area contributed by atoms with Gasteiger partial charge in [0.15, 0.2) is 0 Å². The number of hydrogen-bond acceptors (Lipinski definition) is 5.